The molecule has 1 atom stereocenters. The molecule has 0 N–H and O–H groups in total. The molecule has 1 aromatic carbocycles. The third-order valence-electron chi connectivity index (χ3n) is 5.65. The fraction of sp³-hybridized carbons (Fsp3) is 0.550. The number of benzene rings is 1. The Bertz CT molecular complexity index is 664. The van der Waals surface area contributed by atoms with Gasteiger partial charge in [0.15, 0.2) is 0 Å². The predicted octanol–water partition coefficient (Wildman–Crippen LogP) is 4.11. The summed E-state index contributed by atoms with van der Waals surface area (Å²) in [7, 11) is 0. The fourth-order valence-electron chi connectivity index (χ4n) is 4.34. The van der Waals surface area contributed by atoms with Gasteiger partial charge in [0, 0.05) is 30.5 Å². The molecule has 2 aromatic rings. The molecule has 4 rings (SSSR count). The molecule has 1 fully saturated rings. The minimum Gasteiger partial charge on any atom is -0.361 e. The van der Waals surface area contributed by atoms with Gasteiger partial charge in [0.2, 0.25) is 0 Å². The first kappa shape index (κ1) is 14.9. The average molecular weight is 310 g/mol. The molecule has 2 heterocycles. The van der Waals surface area contributed by atoms with Gasteiger partial charge < -0.3 is 4.52 Å². The van der Waals surface area contributed by atoms with Crippen LogP contribution in [0.15, 0.2) is 34.9 Å². The summed E-state index contributed by atoms with van der Waals surface area (Å²) in [6.07, 6.45) is 7.28. The molecule has 3 heteroatoms. The molecule has 122 valence electrons. The number of piperidine rings is 1. The first-order valence-corrected chi connectivity index (χ1v) is 8.99. The molecule has 0 amide bonds. The fourth-order valence-corrected chi connectivity index (χ4v) is 4.34. The Morgan fingerprint density at radius 3 is 2.83 bits per heavy atom. The second-order valence-corrected chi connectivity index (χ2v) is 7.48. The molecule has 1 saturated heterocycles. The third kappa shape index (κ3) is 2.94. The SMILES string of the molecule is CC1(c2ccccc2)CCCN(Cc2noc3c2CCCC3)C1. The van der Waals surface area contributed by atoms with Crippen molar-refractivity contribution in [2.75, 3.05) is 13.1 Å². The minimum absolute atomic E-state index is 0.253. The van der Waals surface area contributed by atoms with Crippen molar-refractivity contribution in [3.05, 3.63) is 52.9 Å². The Morgan fingerprint density at radius 1 is 1.13 bits per heavy atom. The average Bonchev–Trinajstić information content (AvgIpc) is 2.99. The van der Waals surface area contributed by atoms with E-state index in [1.54, 1.807) is 0 Å². The molecule has 0 radical (unpaired) electrons. The Kier molecular flexibility index (Phi) is 3.98. The quantitative estimate of drug-likeness (QED) is 0.854. The van der Waals surface area contributed by atoms with Crippen LogP contribution < -0.4 is 0 Å². The van der Waals surface area contributed by atoms with Crippen molar-refractivity contribution in [3.8, 4) is 0 Å². The van der Waals surface area contributed by atoms with E-state index in [0.717, 1.165) is 31.7 Å². The maximum atomic E-state index is 5.59. The van der Waals surface area contributed by atoms with Crippen LogP contribution in [0.2, 0.25) is 0 Å². The molecule has 3 nitrogen and oxygen atoms in total. The van der Waals surface area contributed by atoms with Crippen molar-refractivity contribution >= 4 is 0 Å². The molecular formula is C20H26N2O. The summed E-state index contributed by atoms with van der Waals surface area (Å²) >= 11 is 0. The highest BCUT2D eigenvalue weighted by atomic mass is 16.5. The smallest absolute Gasteiger partial charge is 0.140 e. The van der Waals surface area contributed by atoms with Crippen molar-refractivity contribution in [1.82, 2.24) is 10.1 Å². The van der Waals surface area contributed by atoms with Gasteiger partial charge in [-0.15, -0.1) is 0 Å². The number of hydrogen-bond donors (Lipinski definition) is 0. The van der Waals surface area contributed by atoms with Crippen molar-refractivity contribution in [2.45, 2.75) is 57.4 Å². The zero-order valence-electron chi connectivity index (χ0n) is 14.1. The molecule has 1 unspecified atom stereocenters. The van der Waals surface area contributed by atoms with Crippen molar-refractivity contribution in [3.63, 3.8) is 0 Å². The number of aryl methyl sites for hydroxylation is 1. The van der Waals surface area contributed by atoms with E-state index < -0.39 is 0 Å². The molecule has 0 spiro atoms. The zero-order valence-corrected chi connectivity index (χ0v) is 14.1. The van der Waals surface area contributed by atoms with Gasteiger partial charge in [0.25, 0.3) is 0 Å². The molecule has 0 bridgehead atoms. The van der Waals surface area contributed by atoms with Crippen LogP contribution in [-0.4, -0.2) is 23.1 Å². The van der Waals surface area contributed by atoms with Crippen molar-refractivity contribution in [1.29, 1.82) is 0 Å². The van der Waals surface area contributed by atoms with Gasteiger partial charge in [0.05, 0.1) is 0 Å². The maximum Gasteiger partial charge on any atom is 0.140 e. The summed E-state index contributed by atoms with van der Waals surface area (Å²) < 4.78 is 5.59. The summed E-state index contributed by atoms with van der Waals surface area (Å²) in [6, 6.07) is 11.0. The van der Waals surface area contributed by atoms with Gasteiger partial charge in [-0.1, -0.05) is 42.4 Å². The number of fused-ring (bicyclic) bond motifs is 1. The normalized spacial score (nSPS) is 25.3. The highest BCUT2D eigenvalue weighted by Gasteiger charge is 2.33. The van der Waals surface area contributed by atoms with Crippen molar-refractivity contribution < 1.29 is 4.52 Å². The van der Waals surface area contributed by atoms with Crippen LogP contribution in [-0.2, 0) is 24.8 Å². The number of rotatable bonds is 3. The molecule has 1 aromatic heterocycles. The van der Waals surface area contributed by atoms with Crippen LogP contribution in [0, 0.1) is 0 Å². The van der Waals surface area contributed by atoms with E-state index in [0.29, 0.717) is 0 Å². The molecule has 0 saturated carbocycles. The minimum atomic E-state index is 0.253. The van der Waals surface area contributed by atoms with Gasteiger partial charge in [-0.05, 0) is 44.2 Å². The topological polar surface area (TPSA) is 29.3 Å². The maximum absolute atomic E-state index is 5.59. The zero-order chi connectivity index (χ0) is 15.7. The Balaban J connectivity index is 1.51. The van der Waals surface area contributed by atoms with E-state index in [4.69, 9.17) is 4.52 Å². The number of hydrogen-bond acceptors (Lipinski definition) is 3. The van der Waals surface area contributed by atoms with E-state index >= 15 is 0 Å². The highest BCUT2D eigenvalue weighted by molar-refractivity contribution is 5.27. The van der Waals surface area contributed by atoms with Crippen molar-refractivity contribution in [2.24, 2.45) is 0 Å². The van der Waals surface area contributed by atoms with E-state index in [1.807, 2.05) is 0 Å². The van der Waals surface area contributed by atoms with E-state index in [9.17, 15) is 0 Å². The number of aromatic nitrogens is 1. The van der Waals surface area contributed by atoms with Crippen LogP contribution in [0.4, 0.5) is 0 Å². The molecule has 1 aliphatic carbocycles. The second kappa shape index (κ2) is 6.12. The highest BCUT2D eigenvalue weighted by Crippen LogP contribution is 2.34. The molecule has 23 heavy (non-hydrogen) atoms. The number of nitrogens with zero attached hydrogens (tertiary/aromatic N) is 2. The summed E-state index contributed by atoms with van der Waals surface area (Å²) in [6.45, 7) is 5.64. The van der Waals surface area contributed by atoms with Crippen LogP contribution in [0.5, 0.6) is 0 Å². The van der Waals surface area contributed by atoms with Gasteiger partial charge in [-0.2, -0.15) is 0 Å². The molecule has 2 aliphatic rings. The van der Waals surface area contributed by atoms with E-state index in [2.05, 4.69) is 47.3 Å². The van der Waals surface area contributed by atoms with E-state index in [-0.39, 0.29) is 5.41 Å². The predicted molar refractivity (Wildman–Crippen MR) is 91.5 cm³/mol. The van der Waals surface area contributed by atoms with Crippen LogP contribution in [0.3, 0.4) is 0 Å². The van der Waals surface area contributed by atoms with E-state index in [1.165, 1.54) is 49.0 Å². The largest absolute Gasteiger partial charge is 0.361 e. The summed E-state index contributed by atoms with van der Waals surface area (Å²) in [5.74, 6) is 1.15. The third-order valence-corrected chi connectivity index (χ3v) is 5.65. The van der Waals surface area contributed by atoms with Crippen LogP contribution in [0.1, 0.15) is 55.2 Å². The van der Waals surface area contributed by atoms with Gasteiger partial charge in [-0.25, -0.2) is 0 Å². The lowest BCUT2D eigenvalue weighted by Gasteiger charge is -2.40. The summed E-state index contributed by atoms with van der Waals surface area (Å²) in [5, 5.41) is 4.40. The number of likely N-dealkylation sites (tertiary alicyclic amines) is 1. The Labute approximate surface area is 138 Å². The van der Waals surface area contributed by atoms with Gasteiger partial charge in [0.1, 0.15) is 11.5 Å². The first-order chi connectivity index (χ1) is 11.2. The molecular weight excluding hydrogens is 284 g/mol. The second-order valence-electron chi connectivity index (χ2n) is 7.48. The standard InChI is InChI=1S/C20H26N2O/c1-20(16-8-3-2-4-9-16)12-7-13-22(15-20)14-18-17-10-5-6-11-19(17)23-21-18/h2-4,8-9H,5-7,10-15H2,1H3. The lowest BCUT2D eigenvalue weighted by molar-refractivity contribution is 0.146. The summed E-state index contributed by atoms with van der Waals surface area (Å²) in [5.41, 5.74) is 4.32. The monoisotopic (exact) mass is 310 g/mol. The Hall–Kier alpha value is -1.61. The van der Waals surface area contributed by atoms with Crippen LogP contribution >= 0.6 is 0 Å². The van der Waals surface area contributed by atoms with Gasteiger partial charge >= 0.3 is 0 Å². The summed E-state index contributed by atoms with van der Waals surface area (Å²) in [4.78, 5) is 2.57. The lowest BCUT2D eigenvalue weighted by Crippen LogP contribution is -2.44. The van der Waals surface area contributed by atoms with Gasteiger partial charge in [-0.3, -0.25) is 4.90 Å². The first-order valence-electron chi connectivity index (χ1n) is 8.99. The lowest BCUT2D eigenvalue weighted by atomic mass is 9.76. The molecule has 1 aliphatic heterocycles. The van der Waals surface area contributed by atoms with Crippen LogP contribution in [0.25, 0.3) is 0 Å². The Morgan fingerprint density at radius 2 is 1.96 bits per heavy atom.